The van der Waals surface area contributed by atoms with Crippen LogP contribution in [0, 0.1) is 0 Å². The summed E-state index contributed by atoms with van der Waals surface area (Å²) in [5.41, 5.74) is 2.28. The van der Waals surface area contributed by atoms with E-state index in [-0.39, 0.29) is 4.75 Å². The van der Waals surface area contributed by atoms with Crippen molar-refractivity contribution in [3.8, 4) is 0 Å². The molecule has 9 heteroatoms. The maximum Gasteiger partial charge on any atom is 0.273 e. The first-order valence-corrected chi connectivity index (χ1v) is 12.9. The number of fused-ring (bicyclic) bond motifs is 1. The summed E-state index contributed by atoms with van der Waals surface area (Å²) in [5.74, 6) is 0.347. The monoisotopic (exact) mass is 459 g/mol. The third kappa shape index (κ3) is 3.29. The van der Waals surface area contributed by atoms with Gasteiger partial charge in [0.05, 0.1) is 23.4 Å². The molecule has 1 N–H and O–H groups in total. The summed E-state index contributed by atoms with van der Waals surface area (Å²) in [7, 11) is -2.03. The normalized spacial score (nSPS) is 18.8. The van der Waals surface area contributed by atoms with E-state index in [0.29, 0.717) is 28.5 Å². The van der Waals surface area contributed by atoms with E-state index in [1.54, 1.807) is 36.3 Å². The van der Waals surface area contributed by atoms with Crippen molar-refractivity contribution in [2.45, 2.75) is 34.6 Å². The quantitative estimate of drug-likeness (QED) is 0.626. The first-order chi connectivity index (χ1) is 14.4. The van der Waals surface area contributed by atoms with Crippen LogP contribution in [0.25, 0.3) is 10.9 Å². The fourth-order valence-electron chi connectivity index (χ4n) is 4.06. The van der Waals surface area contributed by atoms with Crippen molar-refractivity contribution in [2.75, 3.05) is 17.9 Å². The number of ketones is 1. The van der Waals surface area contributed by atoms with Crippen LogP contribution in [-0.2, 0) is 14.8 Å². The molecule has 2 aliphatic rings. The number of hydrogen-bond acceptors (Lipinski definition) is 6. The lowest BCUT2D eigenvalue weighted by atomic mass is 9.87. The van der Waals surface area contributed by atoms with Gasteiger partial charge in [0.25, 0.3) is 10.0 Å². The van der Waals surface area contributed by atoms with Crippen LogP contribution in [0.15, 0.2) is 51.0 Å². The molecule has 1 aromatic carbocycles. The molecule has 0 saturated heterocycles. The van der Waals surface area contributed by atoms with Crippen LogP contribution in [0.4, 0.5) is 5.69 Å². The number of carbonyl (C=O) groups is 1. The van der Waals surface area contributed by atoms with Gasteiger partial charge in [-0.15, -0.1) is 11.3 Å². The van der Waals surface area contributed by atoms with Crippen molar-refractivity contribution in [1.82, 2.24) is 4.98 Å². The molecule has 1 saturated carbocycles. The lowest BCUT2D eigenvalue weighted by Crippen LogP contribution is -2.32. The number of thiophene rings is 1. The minimum absolute atomic E-state index is 0.0304. The number of rotatable bonds is 4. The van der Waals surface area contributed by atoms with E-state index in [4.69, 9.17) is 4.99 Å². The average Bonchev–Trinajstić information content (AvgIpc) is 3.49. The lowest BCUT2D eigenvalue weighted by molar-refractivity contribution is -0.120. The fraction of sp³-hybridized carbons (Fsp3) is 0.333. The number of para-hydroxylation sites is 1. The van der Waals surface area contributed by atoms with Gasteiger partial charge in [-0.3, -0.25) is 14.1 Å². The number of benzene rings is 1. The molecule has 156 valence electrons. The van der Waals surface area contributed by atoms with E-state index in [9.17, 15) is 13.2 Å². The van der Waals surface area contributed by atoms with Crippen molar-refractivity contribution in [3.05, 3.63) is 47.5 Å². The number of H-pyrrole nitrogens is 1. The number of sulfonamides is 1. The van der Waals surface area contributed by atoms with E-state index < -0.39 is 10.0 Å². The van der Waals surface area contributed by atoms with Gasteiger partial charge in [0.1, 0.15) is 15.0 Å². The highest BCUT2D eigenvalue weighted by Gasteiger charge is 2.40. The third-order valence-electron chi connectivity index (χ3n) is 5.86. The lowest BCUT2D eigenvalue weighted by Gasteiger charge is -2.30. The molecule has 0 bridgehead atoms. The van der Waals surface area contributed by atoms with Crippen molar-refractivity contribution in [1.29, 1.82) is 0 Å². The van der Waals surface area contributed by atoms with Crippen molar-refractivity contribution in [2.24, 2.45) is 4.99 Å². The summed E-state index contributed by atoms with van der Waals surface area (Å²) in [6, 6.07) is 11.0. The Bertz CT molecular complexity index is 1250. The van der Waals surface area contributed by atoms with Gasteiger partial charge < -0.3 is 4.98 Å². The zero-order chi connectivity index (χ0) is 20.9. The molecular weight excluding hydrogens is 438 g/mol. The number of Topliss-reactive ketones (excluding diaryl/α,β-unsaturated/α-hetero) is 1. The summed E-state index contributed by atoms with van der Waals surface area (Å²) in [4.78, 5) is 19.8. The molecule has 1 fully saturated rings. The minimum Gasteiger partial charge on any atom is -0.351 e. The van der Waals surface area contributed by atoms with Crippen molar-refractivity contribution in [3.63, 3.8) is 0 Å². The maximum atomic E-state index is 13.0. The number of aromatic amines is 1. The number of thioether (sulfide) groups is 1. The molecule has 3 heterocycles. The molecule has 1 spiro atoms. The second-order valence-corrected chi connectivity index (χ2v) is 12.4. The van der Waals surface area contributed by atoms with Crippen LogP contribution in [0.1, 0.15) is 31.4 Å². The largest absolute Gasteiger partial charge is 0.351 e. The third-order valence-corrected chi connectivity index (χ3v) is 10.5. The predicted octanol–water partition coefficient (Wildman–Crippen LogP) is 4.43. The van der Waals surface area contributed by atoms with E-state index in [0.717, 1.165) is 41.0 Å². The second-order valence-electron chi connectivity index (χ2n) is 7.77. The Morgan fingerprint density at radius 2 is 1.97 bits per heavy atom. The number of anilines is 1. The number of nitrogens with zero attached hydrogens (tertiary/aromatic N) is 2. The summed E-state index contributed by atoms with van der Waals surface area (Å²) in [6.45, 7) is 0.731. The highest BCUT2D eigenvalue weighted by molar-refractivity contribution is 8.15. The highest BCUT2D eigenvalue weighted by atomic mass is 32.2. The van der Waals surface area contributed by atoms with Crippen molar-refractivity contribution >= 4 is 60.5 Å². The highest BCUT2D eigenvalue weighted by Crippen LogP contribution is 2.45. The molecule has 5 rings (SSSR count). The molecule has 0 unspecified atom stereocenters. The Hall–Kier alpha value is -2.10. The first-order valence-electron chi connectivity index (χ1n) is 9.78. The van der Waals surface area contributed by atoms with Crippen LogP contribution in [-0.4, -0.2) is 42.6 Å². The van der Waals surface area contributed by atoms with Crippen LogP contribution < -0.4 is 4.31 Å². The van der Waals surface area contributed by atoms with Gasteiger partial charge in [0.15, 0.2) is 0 Å². The molecule has 2 aromatic heterocycles. The Morgan fingerprint density at radius 3 is 2.70 bits per heavy atom. The van der Waals surface area contributed by atoms with Gasteiger partial charge in [-0.25, -0.2) is 8.42 Å². The van der Waals surface area contributed by atoms with E-state index >= 15 is 0 Å². The van der Waals surface area contributed by atoms with Gasteiger partial charge in [-0.2, -0.15) is 0 Å². The zero-order valence-electron chi connectivity index (χ0n) is 16.4. The number of hydrogen-bond donors (Lipinski definition) is 1. The van der Waals surface area contributed by atoms with Crippen LogP contribution in [0.5, 0.6) is 0 Å². The summed E-state index contributed by atoms with van der Waals surface area (Å²) < 4.78 is 27.7. The molecule has 6 nitrogen and oxygen atoms in total. The molecule has 1 aliphatic carbocycles. The summed E-state index contributed by atoms with van der Waals surface area (Å²) >= 11 is 2.97. The Morgan fingerprint density at radius 1 is 1.17 bits per heavy atom. The molecule has 0 amide bonds. The standard InChI is InChI=1S/C21H21N3O3S3/c1-24(30(26,27)18-6-3-11-28-18)17-5-2-4-14-12-16(23-19(14)17)20-22-13-21(29-20)9-7-15(25)8-10-21/h2-6,11-12,23H,7-10,13H2,1H3. The molecule has 0 radical (unpaired) electrons. The van der Waals surface area contributed by atoms with Gasteiger partial charge in [0, 0.05) is 30.0 Å². The van der Waals surface area contributed by atoms with Crippen LogP contribution >= 0.6 is 23.1 Å². The minimum atomic E-state index is -3.61. The second kappa shape index (κ2) is 7.25. The van der Waals surface area contributed by atoms with Crippen LogP contribution in [0.2, 0.25) is 0 Å². The maximum absolute atomic E-state index is 13.0. The molecular formula is C21H21N3O3S3. The molecule has 30 heavy (non-hydrogen) atoms. The zero-order valence-corrected chi connectivity index (χ0v) is 18.9. The SMILES string of the molecule is CN(c1cccc2cc(C3=NCC4(CCC(=O)CC4)S3)[nH]c12)S(=O)(=O)c1cccs1. The van der Waals surface area contributed by atoms with Crippen LogP contribution in [0.3, 0.4) is 0 Å². The van der Waals surface area contributed by atoms with Gasteiger partial charge in [-0.1, -0.05) is 30.0 Å². The van der Waals surface area contributed by atoms with E-state index in [2.05, 4.69) is 4.98 Å². The number of aromatic nitrogens is 1. The first kappa shape index (κ1) is 19.8. The number of aliphatic imine (C=N–C) groups is 1. The molecule has 1 aliphatic heterocycles. The smallest absolute Gasteiger partial charge is 0.273 e. The topological polar surface area (TPSA) is 82.6 Å². The molecule has 3 aromatic rings. The van der Waals surface area contributed by atoms with Gasteiger partial charge in [-0.05, 0) is 36.4 Å². The number of carbonyl (C=O) groups excluding carboxylic acids is 1. The molecule has 0 atom stereocenters. The van der Waals surface area contributed by atoms with Gasteiger partial charge >= 0.3 is 0 Å². The van der Waals surface area contributed by atoms with Crippen molar-refractivity contribution < 1.29 is 13.2 Å². The summed E-state index contributed by atoms with van der Waals surface area (Å²) in [5, 5.41) is 3.65. The Labute approximate surface area is 183 Å². The fourth-order valence-corrected chi connectivity index (χ4v) is 7.73. The number of nitrogens with one attached hydrogen (secondary N) is 1. The van der Waals surface area contributed by atoms with E-state index in [1.807, 2.05) is 24.3 Å². The van der Waals surface area contributed by atoms with Gasteiger partial charge in [0.2, 0.25) is 0 Å². The Kier molecular flexibility index (Phi) is 4.79. The Balaban J connectivity index is 1.47. The summed E-state index contributed by atoms with van der Waals surface area (Å²) in [6.07, 6.45) is 3.02. The average molecular weight is 460 g/mol. The van der Waals surface area contributed by atoms with E-state index in [1.165, 1.54) is 15.6 Å². The predicted molar refractivity (Wildman–Crippen MR) is 123 cm³/mol.